The van der Waals surface area contributed by atoms with Gasteiger partial charge in [0.25, 0.3) is 5.91 Å². The van der Waals surface area contributed by atoms with Gasteiger partial charge in [0, 0.05) is 30.3 Å². The Bertz CT molecular complexity index is 1200. The molecule has 0 radical (unpaired) electrons. The number of amides is 1. The number of primary amides is 1. The molecule has 0 unspecified atom stereocenters. The third-order valence-electron chi connectivity index (χ3n) is 7.69. The van der Waals surface area contributed by atoms with Gasteiger partial charge in [-0.1, -0.05) is 0 Å². The highest BCUT2D eigenvalue weighted by atomic mass is 16.3. The van der Waals surface area contributed by atoms with Crippen molar-refractivity contribution in [2.45, 2.75) is 38.3 Å². The van der Waals surface area contributed by atoms with Crippen molar-refractivity contribution in [3.8, 4) is 5.75 Å². The van der Waals surface area contributed by atoms with Gasteiger partial charge in [0.2, 0.25) is 5.78 Å². The second-order valence-electron chi connectivity index (χ2n) is 9.59. The summed E-state index contributed by atoms with van der Waals surface area (Å²) in [6, 6.07) is 2.16. The van der Waals surface area contributed by atoms with E-state index in [1.54, 1.807) is 20.2 Å². The topological polar surface area (TPSA) is 165 Å². The SMILES string of the molecule is CCN(CC)c1ccc(O)c2c1C[C@H]1C[C@H]3[C@H](N(C)C)C(O)=C(C(N)=O)C(=O)[C@@]3(O)C(O)=C1C2=O. The second kappa shape index (κ2) is 8.39. The number of anilines is 1. The fourth-order valence-electron chi connectivity index (χ4n) is 6.09. The maximum Gasteiger partial charge on any atom is 0.255 e. The van der Waals surface area contributed by atoms with Crippen LogP contribution >= 0.6 is 0 Å². The van der Waals surface area contributed by atoms with Crippen LogP contribution in [-0.4, -0.2) is 81.6 Å². The highest BCUT2D eigenvalue weighted by Gasteiger charge is 2.63. The molecule has 0 fully saturated rings. The lowest BCUT2D eigenvalue weighted by molar-refractivity contribution is -0.148. The highest BCUT2D eigenvalue weighted by Crippen LogP contribution is 2.53. The van der Waals surface area contributed by atoms with Gasteiger partial charge in [0.05, 0.1) is 11.6 Å². The average Bonchev–Trinajstić information content (AvgIpc) is 2.78. The van der Waals surface area contributed by atoms with E-state index in [4.69, 9.17) is 5.73 Å². The Morgan fingerprint density at radius 2 is 1.77 bits per heavy atom. The van der Waals surface area contributed by atoms with Gasteiger partial charge >= 0.3 is 0 Å². The average molecular weight is 486 g/mol. The lowest BCUT2D eigenvalue weighted by Gasteiger charge is -2.50. The summed E-state index contributed by atoms with van der Waals surface area (Å²) in [4.78, 5) is 42.6. The maximum atomic E-state index is 13.7. The van der Waals surface area contributed by atoms with Crippen LogP contribution < -0.4 is 10.6 Å². The molecule has 3 aliphatic rings. The number of aliphatic hydroxyl groups excluding tert-OH is 2. The zero-order valence-corrected chi connectivity index (χ0v) is 20.2. The summed E-state index contributed by atoms with van der Waals surface area (Å²) in [7, 11) is 3.20. The monoisotopic (exact) mass is 485 g/mol. The third kappa shape index (κ3) is 3.27. The van der Waals surface area contributed by atoms with Gasteiger partial charge < -0.3 is 31.1 Å². The molecule has 6 N–H and O–H groups in total. The molecule has 0 aromatic heterocycles. The van der Waals surface area contributed by atoms with Crippen LogP contribution in [0.1, 0.15) is 36.2 Å². The first-order valence-electron chi connectivity index (χ1n) is 11.7. The number of allylic oxidation sites excluding steroid dienone is 1. The summed E-state index contributed by atoms with van der Waals surface area (Å²) in [6.45, 7) is 5.31. The number of hydrogen-bond donors (Lipinski definition) is 5. The first-order valence-corrected chi connectivity index (χ1v) is 11.7. The Morgan fingerprint density at radius 1 is 1.14 bits per heavy atom. The summed E-state index contributed by atoms with van der Waals surface area (Å²) in [6.07, 6.45) is 0.341. The normalized spacial score (nSPS) is 28.1. The number of hydrogen-bond acceptors (Lipinski definition) is 9. The Labute approximate surface area is 202 Å². The third-order valence-corrected chi connectivity index (χ3v) is 7.69. The van der Waals surface area contributed by atoms with E-state index in [1.807, 2.05) is 13.8 Å². The van der Waals surface area contributed by atoms with Crippen molar-refractivity contribution in [3.05, 3.63) is 45.9 Å². The number of benzene rings is 1. The number of Topliss-reactive ketones (excluding diaryl/α,β-unsaturated/α-hetero) is 2. The van der Waals surface area contributed by atoms with Crippen molar-refractivity contribution < 1.29 is 34.8 Å². The predicted octanol–water partition coefficient (Wildman–Crippen LogP) is 0.967. The first-order chi connectivity index (χ1) is 16.4. The molecule has 4 rings (SSSR count). The van der Waals surface area contributed by atoms with Gasteiger partial charge in [-0.25, -0.2) is 0 Å². The van der Waals surface area contributed by atoms with Crippen LogP contribution in [0.2, 0.25) is 0 Å². The molecular formula is C25H31N3O7. The zero-order chi connectivity index (χ0) is 26.0. The van der Waals surface area contributed by atoms with Crippen molar-refractivity contribution >= 4 is 23.2 Å². The van der Waals surface area contributed by atoms with E-state index in [0.29, 0.717) is 18.7 Å². The fraction of sp³-hybridized carbons (Fsp3) is 0.480. The smallest absolute Gasteiger partial charge is 0.255 e. The molecule has 0 saturated heterocycles. The molecule has 0 bridgehead atoms. The number of carbonyl (C=O) groups excluding carboxylic acids is 3. The number of nitrogens with two attached hydrogens (primary N) is 1. The number of phenolic OH excluding ortho intramolecular Hbond substituents is 1. The summed E-state index contributed by atoms with van der Waals surface area (Å²) >= 11 is 0. The van der Waals surface area contributed by atoms with Crippen LogP contribution in [-0.2, 0) is 16.0 Å². The van der Waals surface area contributed by atoms with E-state index in [0.717, 1.165) is 5.69 Å². The van der Waals surface area contributed by atoms with Gasteiger partial charge in [-0.2, -0.15) is 0 Å². The number of aromatic hydroxyl groups is 1. The van der Waals surface area contributed by atoms with Gasteiger partial charge in [-0.15, -0.1) is 0 Å². The van der Waals surface area contributed by atoms with Crippen LogP contribution in [0.4, 0.5) is 5.69 Å². The van der Waals surface area contributed by atoms with Crippen LogP contribution in [0.25, 0.3) is 0 Å². The fourth-order valence-corrected chi connectivity index (χ4v) is 6.09. The molecule has 0 aliphatic heterocycles. The number of nitrogens with zero attached hydrogens (tertiary/aromatic N) is 2. The summed E-state index contributed by atoms with van der Waals surface area (Å²) in [5.74, 6) is -6.49. The van der Waals surface area contributed by atoms with Crippen molar-refractivity contribution in [3.63, 3.8) is 0 Å². The molecule has 188 valence electrons. The highest BCUT2D eigenvalue weighted by molar-refractivity contribution is 6.24. The molecule has 1 aromatic carbocycles. The number of likely N-dealkylation sites (N-methyl/N-ethyl adjacent to an activating group) is 1. The minimum Gasteiger partial charge on any atom is -0.510 e. The summed E-state index contributed by atoms with van der Waals surface area (Å²) in [5, 5.41) is 44.3. The minimum absolute atomic E-state index is 0.0233. The first kappa shape index (κ1) is 24.7. The van der Waals surface area contributed by atoms with Crippen LogP contribution in [0, 0.1) is 11.8 Å². The Hall–Kier alpha value is -3.37. The van der Waals surface area contributed by atoms with Crippen molar-refractivity contribution in [2.75, 3.05) is 32.1 Å². The van der Waals surface area contributed by atoms with Crippen molar-refractivity contribution in [2.24, 2.45) is 17.6 Å². The lowest BCUT2D eigenvalue weighted by Crippen LogP contribution is -2.63. The van der Waals surface area contributed by atoms with Crippen LogP contribution in [0.3, 0.4) is 0 Å². The maximum absolute atomic E-state index is 13.7. The standard InChI is InChI=1S/C25H31N3O7/c1-5-28(6-2)14-7-8-15(29)17-12(14)9-11-10-13-19(27(3)4)21(31)18(24(26)34)23(33)25(13,35)22(32)16(11)20(17)30/h7-8,11,13,19,29,31-32,35H,5-6,9-10H2,1-4H3,(H2,26,34)/t11-,13-,19-,25-/m0/s1. The summed E-state index contributed by atoms with van der Waals surface area (Å²) in [5.41, 5.74) is 3.19. The molecule has 1 aromatic rings. The largest absolute Gasteiger partial charge is 0.510 e. The number of phenols is 1. The lowest BCUT2D eigenvalue weighted by atomic mass is 9.58. The zero-order valence-electron chi connectivity index (χ0n) is 20.2. The molecule has 0 saturated carbocycles. The van der Waals surface area contributed by atoms with Gasteiger partial charge in [0.1, 0.15) is 22.8 Å². The van der Waals surface area contributed by atoms with E-state index >= 15 is 0 Å². The van der Waals surface area contributed by atoms with Gasteiger partial charge in [-0.3, -0.25) is 19.3 Å². The second-order valence-corrected chi connectivity index (χ2v) is 9.59. The van der Waals surface area contributed by atoms with E-state index < -0.39 is 58.0 Å². The molecular weight excluding hydrogens is 454 g/mol. The number of ketones is 2. The molecule has 10 nitrogen and oxygen atoms in total. The molecule has 10 heteroatoms. The number of aliphatic hydroxyl groups is 3. The van der Waals surface area contributed by atoms with Gasteiger partial charge in [-0.05, 0) is 64.4 Å². The van der Waals surface area contributed by atoms with E-state index in [1.165, 1.54) is 11.0 Å². The van der Waals surface area contributed by atoms with Crippen molar-refractivity contribution in [1.82, 2.24) is 4.90 Å². The minimum atomic E-state index is -2.63. The number of carbonyl (C=O) groups is 3. The van der Waals surface area contributed by atoms with E-state index in [2.05, 4.69) is 4.90 Å². The molecule has 4 atom stereocenters. The van der Waals surface area contributed by atoms with E-state index in [-0.39, 0.29) is 29.7 Å². The van der Waals surface area contributed by atoms with Crippen molar-refractivity contribution in [1.29, 1.82) is 0 Å². The number of fused-ring (bicyclic) bond motifs is 3. The van der Waals surface area contributed by atoms with Crippen LogP contribution in [0.15, 0.2) is 34.8 Å². The molecule has 0 spiro atoms. The molecule has 0 heterocycles. The molecule has 3 aliphatic carbocycles. The molecule has 1 amide bonds. The number of rotatable bonds is 5. The molecule has 35 heavy (non-hydrogen) atoms. The summed E-state index contributed by atoms with van der Waals surface area (Å²) < 4.78 is 0. The van der Waals surface area contributed by atoms with Crippen LogP contribution in [0.5, 0.6) is 5.75 Å². The predicted molar refractivity (Wildman–Crippen MR) is 127 cm³/mol. The Morgan fingerprint density at radius 3 is 2.31 bits per heavy atom. The Kier molecular flexibility index (Phi) is 5.93. The Balaban J connectivity index is 1.96. The quantitative estimate of drug-likeness (QED) is 0.382. The van der Waals surface area contributed by atoms with E-state index in [9.17, 15) is 34.8 Å². The van der Waals surface area contributed by atoms with Gasteiger partial charge in [0.15, 0.2) is 11.4 Å².